The zero-order valence-electron chi connectivity index (χ0n) is 9.80. The van der Waals surface area contributed by atoms with Crippen LogP contribution in [0.2, 0.25) is 0 Å². The summed E-state index contributed by atoms with van der Waals surface area (Å²) < 4.78 is 1.81. The molecule has 1 aliphatic rings. The number of carbonyl (C=O) groups is 1. The Balaban J connectivity index is 2.10. The van der Waals surface area contributed by atoms with Crippen LogP contribution in [0.15, 0.2) is 30.5 Å². The summed E-state index contributed by atoms with van der Waals surface area (Å²) in [5.41, 5.74) is 2.18. The molecule has 0 spiro atoms. The molecule has 0 amide bonds. The number of carboxylic acid groups (broad SMARTS) is 1. The Bertz CT molecular complexity index is 588. The second-order valence-corrected chi connectivity index (χ2v) is 5.54. The average molecular weight is 262 g/mol. The van der Waals surface area contributed by atoms with Gasteiger partial charge < -0.3 is 15.0 Å². The van der Waals surface area contributed by atoms with Crippen LogP contribution in [0.5, 0.6) is 0 Å². The molecule has 2 N–H and O–H groups in total. The first-order valence-electron chi connectivity index (χ1n) is 5.90. The SMILES string of the molecule is O=C(O)Cn1cc(C2NCCS2)c2ccccc21. The first-order chi connectivity index (χ1) is 8.75. The minimum Gasteiger partial charge on any atom is -0.480 e. The molecule has 1 aromatic heterocycles. The molecule has 1 aliphatic heterocycles. The molecular weight excluding hydrogens is 248 g/mol. The fraction of sp³-hybridized carbons (Fsp3) is 0.308. The van der Waals surface area contributed by atoms with E-state index in [1.807, 2.05) is 40.7 Å². The van der Waals surface area contributed by atoms with Gasteiger partial charge in [-0.1, -0.05) is 18.2 Å². The van der Waals surface area contributed by atoms with Gasteiger partial charge in [0.15, 0.2) is 0 Å². The van der Waals surface area contributed by atoms with Gasteiger partial charge in [0.25, 0.3) is 0 Å². The van der Waals surface area contributed by atoms with E-state index in [0.717, 1.165) is 23.2 Å². The quantitative estimate of drug-likeness (QED) is 0.889. The number of benzene rings is 1. The topological polar surface area (TPSA) is 54.3 Å². The van der Waals surface area contributed by atoms with Crippen molar-refractivity contribution in [3.63, 3.8) is 0 Å². The summed E-state index contributed by atoms with van der Waals surface area (Å²) in [6.07, 6.45) is 1.97. The predicted octanol–water partition coefficient (Wildman–Crippen LogP) is 2.06. The van der Waals surface area contributed by atoms with Crippen molar-refractivity contribution in [3.05, 3.63) is 36.0 Å². The molecule has 0 aliphatic carbocycles. The largest absolute Gasteiger partial charge is 0.480 e. The van der Waals surface area contributed by atoms with Crippen molar-refractivity contribution < 1.29 is 9.90 Å². The van der Waals surface area contributed by atoms with Crippen LogP contribution >= 0.6 is 11.8 Å². The van der Waals surface area contributed by atoms with Gasteiger partial charge in [-0.2, -0.15) is 0 Å². The van der Waals surface area contributed by atoms with Crippen LogP contribution in [-0.4, -0.2) is 27.9 Å². The molecule has 0 radical (unpaired) electrons. The fourth-order valence-electron chi connectivity index (χ4n) is 2.39. The lowest BCUT2D eigenvalue weighted by Crippen LogP contribution is -2.12. The zero-order chi connectivity index (χ0) is 12.5. The molecule has 0 bridgehead atoms. The van der Waals surface area contributed by atoms with E-state index in [1.54, 1.807) is 0 Å². The van der Waals surface area contributed by atoms with Crippen molar-refractivity contribution in [2.24, 2.45) is 0 Å². The predicted molar refractivity (Wildman–Crippen MR) is 72.8 cm³/mol. The van der Waals surface area contributed by atoms with Crippen molar-refractivity contribution in [1.82, 2.24) is 9.88 Å². The van der Waals surface area contributed by atoms with Crippen LogP contribution in [0.3, 0.4) is 0 Å². The van der Waals surface area contributed by atoms with Gasteiger partial charge in [0.2, 0.25) is 0 Å². The number of carboxylic acids is 1. The van der Waals surface area contributed by atoms with Crippen molar-refractivity contribution in [2.45, 2.75) is 11.9 Å². The number of rotatable bonds is 3. The molecule has 5 heteroatoms. The number of thioether (sulfide) groups is 1. The highest BCUT2D eigenvalue weighted by Crippen LogP contribution is 2.35. The number of fused-ring (bicyclic) bond motifs is 1. The lowest BCUT2D eigenvalue weighted by atomic mass is 10.2. The highest BCUT2D eigenvalue weighted by atomic mass is 32.2. The van der Waals surface area contributed by atoms with Crippen LogP contribution in [0, 0.1) is 0 Å². The number of nitrogens with zero attached hydrogens (tertiary/aromatic N) is 1. The summed E-state index contributed by atoms with van der Waals surface area (Å²) in [6.45, 7) is 1.02. The zero-order valence-corrected chi connectivity index (χ0v) is 10.6. The Morgan fingerprint density at radius 2 is 2.33 bits per heavy atom. The fourth-order valence-corrected chi connectivity index (χ4v) is 3.46. The maximum atomic E-state index is 10.9. The first kappa shape index (κ1) is 11.6. The molecule has 0 saturated carbocycles. The van der Waals surface area contributed by atoms with Crippen LogP contribution in [0.4, 0.5) is 0 Å². The minimum absolute atomic E-state index is 0.0118. The van der Waals surface area contributed by atoms with E-state index in [2.05, 4.69) is 11.4 Å². The molecule has 4 nitrogen and oxygen atoms in total. The Hall–Kier alpha value is -1.46. The third-order valence-electron chi connectivity index (χ3n) is 3.12. The van der Waals surface area contributed by atoms with E-state index in [0.29, 0.717) is 0 Å². The number of aliphatic carboxylic acids is 1. The molecule has 3 rings (SSSR count). The second kappa shape index (κ2) is 4.66. The van der Waals surface area contributed by atoms with Crippen molar-refractivity contribution in [1.29, 1.82) is 0 Å². The number of hydrogen-bond donors (Lipinski definition) is 2. The maximum absolute atomic E-state index is 10.9. The average Bonchev–Trinajstić information content (AvgIpc) is 2.96. The van der Waals surface area contributed by atoms with Gasteiger partial charge >= 0.3 is 5.97 Å². The van der Waals surface area contributed by atoms with Gasteiger partial charge in [-0.25, -0.2) is 0 Å². The summed E-state index contributed by atoms with van der Waals surface area (Å²) in [5, 5.41) is 13.8. The maximum Gasteiger partial charge on any atom is 0.323 e. The summed E-state index contributed by atoms with van der Waals surface area (Å²) in [5.74, 6) is 0.290. The van der Waals surface area contributed by atoms with E-state index < -0.39 is 5.97 Å². The number of para-hydroxylation sites is 1. The number of aromatic nitrogens is 1. The second-order valence-electron chi connectivity index (χ2n) is 4.33. The van der Waals surface area contributed by atoms with Gasteiger partial charge in [-0.05, 0) is 6.07 Å². The van der Waals surface area contributed by atoms with E-state index in [1.165, 1.54) is 5.56 Å². The smallest absolute Gasteiger partial charge is 0.323 e. The Labute approximate surface area is 109 Å². The van der Waals surface area contributed by atoms with Crippen LogP contribution < -0.4 is 5.32 Å². The Kier molecular flexibility index (Phi) is 3.01. The normalized spacial score (nSPS) is 19.4. The van der Waals surface area contributed by atoms with Crippen LogP contribution in [0.25, 0.3) is 10.9 Å². The summed E-state index contributed by atoms with van der Waals surface area (Å²) in [7, 11) is 0. The highest BCUT2D eigenvalue weighted by Gasteiger charge is 2.21. The van der Waals surface area contributed by atoms with Gasteiger partial charge in [-0.3, -0.25) is 4.79 Å². The monoisotopic (exact) mass is 262 g/mol. The summed E-state index contributed by atoms with van der Waals surface area (Å²) in [4.78, 5) is 10.9. The molecule has 1 saturated heterocycles. The molecule has 1 fully saturated rings. The van der Waals surface area contributed by atoms with Gasteiger partial charge in [0.1, 0.15) is 6.54 Å². The van der Waals surface area contributed by atoms with Crippen molar-refractivity contribution in [3.8, 4) is 0 Å². The third-order valence-corrected chi connectivity index (χ3v) is 4.32. The molecule has 1 unspecified atom stereocenters. The summed E-state index contributed by atoms with van der Waals surface area (Å²) in [6, 6.07) is 7.97. The van der Waals surface area contributed by atoms with E-state index in [9.17, 15) is 4.79 Å². The standard InChI is InChI=1S/C13H14N2O2S/c16-12(17)8-15-7-10(13-14-5-6-18-13)9-3-1-2-4-11(9)15/h1-4,7,13-14H,5-6,8H2,(H,16,17). The number of nitrogens with one attached hydrogen (secondary N) is 1. The molecule has 2 aromatic rings. The lowest BCUT2D eigenvalue weighted by Gasteiger charge is -2.07. The van der Waals surface area contributed by atoms with Gasteiger partial charge in [0.05, 0.1) is 5.37 Å². The van der Waals surface area contributed by atoms with E-state index in [4.69, 9.17) is 5.11 Å². The first-order valence-corrected chi connectivity index (χ1v) is 6.95. The van der Waals surface area contributed by atoms with E-state index >= 15 is 0 Å². The molecular formula is C13H14N2O2S. The van der Waals surface area contributed by atoms with Crippen molar-refractivity contribution in [2.75, 3.05) is 12.3 Å². The Morgan fingerprint density at radius 1 is 1.50 bits per heavy atom. The number of hydrogen-bond acceptors (Lipinski definition) is 3. The minimum atomic E-state index is -0.811. The molecule has 2 heterocycles. The highest BCUT2D eigenvalue weighted by molar-refractivity contribution is 7.99. The van der Waals surface area contributed by atoms with Crippen LogP contribution in [0.1, 0.15) is 10.9 Å². The third kappa shape index (κ3) is 2.00. The Morgan fingerprint density at radius 3 is 3.06 bits per heavy atom. The van der Waals surface area contributed by atoms with E-state index in [-0.39, 0.29) is 11.9 Å². The van der Waals surface area contributed by atoms with Gasteiger partial charge in [-0.15, -0.1) is 11.8 Å². The molecule has 1 atom stereocenters. The molecule has 1 aromatic carbocycles. The van der Waals surface area contributed by atoms with Gasteiger partial charge in [0, 0.05) is 35.0 Å². The summed E-state index contributed by atoms with van der Waals surface area (Å²) >= 11 is 1.87. The van der Waals surface area contributed by atoms with Crippen molar-refractivity contribution >= 4 is 28.6 Å². The molecule has 94 valence electrons. The molecule has 18 heavy (non-hydrogen) atoms. The van der Waals surface area contributed by atoms with Crippen LogP contribution in [-0.2, 0) is 11.3 Å². The lowest BCUT2D eigenvalue weighted by molar-refractivity contribution is -0.137.